The predicted octanol–water partition coefficient (Wildman–Crippen LogP) is 5.79. The largest absolute Gasteiger partial charge is 0.491 e. The fourth-order valence-corrected chi connectivity index (χ4v) is 3.34. The molecule has 1 atom stereocenters. The van der Waals surface area contributed by atoms with Gasteiger partial charge in [-0.05, 0) is 55.6 Å². The van der Waals surface area contributed by atoms with Gasteiger partial charge in [0.2, 0.25) is 0 Å². The van der Waals surface area contributed by atoms with Crippen molar-refractivity contribution in [1.82, 2.24) is 5.32 Å². The number of rotatable bonds is 9. The number of hydrogen-bond acceptors (Lipinski definition) is 2. The summed E-state index contributed by atoms with van der Waals surface area (Å²) < 4.78 is 5.79. The summed E-state index contributed by atoms with van der Waals surface area (Å²) in [5, 5.41) is 3.58. The molecule has 3 aromatic carbocycles. The highest BCUT2D eigenvalue weighted by atomic mass is 16.5. The molecule has 0 bridgehead atoms. The molecule has 0 aromatic heterocycles. The minimum atomic E-state index is 0.197. The molecular formula is C25H29NO. The molecule has 3 aromatic rings. The van der Waals surface area contributed by atoms with E-state index in [0.29, 0.717) is 5.92 Å². The Kier molecular flexibility index (Phi) is 7.06. The number of nitrogens with one attached hydrogen (secondary N) is 1. The van der Waals surface area contributed by atoms with Crippen molar-refractivity contribution in [1.29, 1.82) is 0 Å². The van der Waals surface area contributed by atoms with Crippen LogP contribution in [-0.4, -0.2) is 12.6 Å². The molecule has 140 valence electrons. The second-order valence-electron chi connectivity index (χ2n) is 7.15. The lowest BCUT2D eigenvalue weighted by Gasteiger charge is -2.19. The molecule has 0 amide bonds. The van der Waals surface area contributed by atoms with Gasteiger partial charge in [-0.2, -0.15) is 0 Å². The van der Waals surface area contributed by atoms with Crippen LogP contribution in [0.5, 0.6) is 5.75 Å². The molecule has 0 unspecified atom stereocenters. The van der Waals surface area contributed by atoms with E-state index in [1.54, 1.807) is 0 Å². The molecule has 3 rings (SSSR count). The minimum Gasteiger partial charge on any atom is -0.491 e. The van der Waals surface area contributed by atoms with E-state index in [1.807, 2.05) is 0 Å². The maximum absolute atomic E-state index is 5.79. The van der Waals surface area contributed by atoms with Gasteiger partial charge in [0.05, 0.1) is 6.10 Å². The zero-order chi connectivity index (χ0) is 18.9. The molecule has 2 heteroatoms. The highest BCUT2D eigenvalue weighted by Crippen LogP contribution is 2.29. The highest BCUT2D eigenvalue weighted by molar-refractivity contribution is 5.36. The summed E-state index contributed by atoms with van der Waals surface area (Å²) >= 11 is 0. The van der Waals surface area contributed by atoms with Gasteiger partial charge < -0.3 is 10.1 Å². The van der Waals surface area contributed by atoms with Crippen molar-refractivity contribution < 1.29 is 4.74 Å². The molecule has 27 heavy (non-hydrogen) atoms. The van der Waals surface area contributed by atoms with Crippen LogP contribution in [0.1, 0.15) is 42.9 Å². The van der Waals surface area contributed by atoms with Crippen molar-refractivity contribution in [3.05, 3.63) is 102 Å². The molecule has 0 spiro atoms. The van der Waals surface area contributed by atoms with Gasteiger partial charge in [-0.3, -0.25) is 0 Å². The lowest BCUT2D eigenvalue weighted by atomic mass is 9.88. The smallest absolute Gasteiger partial charge is 0.119 e. The summed E-state index contributed by atoms with van der Waals surface area (Å²) in [4.78, 5) is 0. The third kappa shape index (κ3) is 5.97. The topological polar surface area (TPSA) is 21.3 Å². The first-order valence-corrected chi connectivity index (χ1v) is 9.78. The van der Waals surface area contributed by atoms with E-state index in [9.17, 15) is 0 Å². The Morgan fingerprint density at radius 3 is 1.96 bits per heavy atom. The molecule has 2 nitrogen and oxygen atoms in total. The molecular weight excluding hydrogens is 330 g/mol. The van der Waals surface area contributed by atoms with Crippen LogP contribution in [-0.2, 0) is 6.54 Å². The van der Waals surface area contributed by atoms with Gasteiger partial charge in [-0.15, -0.1) is 0 Å². The van der Waals surface area contributed by atoms with Crippen LogP contribution in [0.4, 0.5) is 0 Å². The lowest BCUT2D eigenvalue weighted by Crippen LogP contribution is -2.17. The van der Waals surface area contributed by atoms with Gasteiger partial charge in [0.1, 0.15) is 5.75 Å². The van der Waals surface area contributed by atoms with Gasteiger partial charge in [0.15, 0.2) is 0 Å². The summed E-state index contributed by atoms with van der Waals surface area (Å²) in [5.74, 6) is 1.31. The molecule has 0 saturated heterocycles. The molecule has 0 radical (unpaired) electrons. The van der Waals surface area contributed by atoms with Crippen LogP contribution in [0.2, 0.25) is 0 Å². The summed E-state index contributed by atoms with van der Waals surface area (Å²) in [7, 11) is 0. The molecule has 0 aliphatic carbocycles. The standard InChI is InChI=1S/C25H29NO/c1-20(2)27-24-15-13-23(14-16-24)25(22-11-7-4-8-12-22)17-18-26-19-21-9-5-3-6-10-21/h3-16,20,25-26H,17-19H2,1-2H3/t25-/m1/s1. The second-order valence-corrected chi connectivity index (χ2v) is 7.15. The van der Waals surface area contributed by atoms with Gasteiger partial charge in [-0.1, -0.05) is 72.8 Å². The highest BCUT2D eigenvalue weighted by Gasteiger charge is 2.14. The molecule has 1 N–H and O–H groups in total. The lowest BCUT2D eigenvalue weighted by molar-refractivity contribution is 0.242. The Labute approximate surface area is 163 Å². The van der Waals surface area contributed by atoms with Gasteiger partial charge in [0, 0.05) is 12.5 Å². The van der Waals surface area contributed by atoms with E-state index in [1.165, 1.54) is 16.7 Å². The third-order valence-corrected chi connectivity index (χ3v) is 4.64. The molecule has 0 saturated carbocycles. The first-order valence-electron chi connectivity index (χ1n) is 9.78. The van der Waals surface area contributed by atoms with Crippen molar-refractivity contribution in [2.75, 3.05) is 6.54 Å². The SMILES string of the molecule is CC(C)Oc1ccc([C@H](CCNCc2ccccc2)c2ccccc2)cc1. The summed E-state index contributed by atoms with van der Waals surface area (Å²) in [6.45, 7) is 5.99. The van der Waals surface area contributed by atoms with E-state index in [0.717, 1.165) is 25.3 Å². The number of hydrogen-bond donors (Lipinski definition) is 1. The van der Waals surface area contributed by atoms with E-state index < -0.39 is 0 Å². The van der Waals surface area contributed by atoms with Crippen LogP contribution >= 0.6 is 0 Å². The number of benzene rings is 3. The summed E-state index contributed by atoms with van der Waals surface area (Å²) in [6, 6.07) is 29.9. The Bertz CT molecular complexity index is 782. The van der Waals surface area contributed by atoms with Crippen LogP contribution < -0.4 is 10.1 Å². The van der Waals surface area contributed by atoms with Crippen molar-refractivity contribution in [2.45, 2.75) is 38.8 Å². The molecule has 0 aliphatic rings. The van der Waals surface area contributed by atoms with Gasteiger partial charge in [0.25, 0.3) is 0 Å². The van der Waals surface area contributed by atoms with Gasteiger partial charge in [-0.25, -0.2) is 0 Å². The predicted molar refractivity (Wildman–Crippen MR) is 113 cm³/mol. The second kappa shape index (κ2) is 9.94. The van der Waals surface area contributed by atoms with Crippen LogP contribution in [0.3, 0.4) is 0 Å². The zero-order valence-corrected chi connectivity index (χ0v) is 16.3. The van der Waals surface area contributed by atoms with Crippen molar-refractivity contribution in [2.24, 2.45) is 0 Å². The third-order valence-electron chi connectivity index (χ3n) is 4.64. The van der Waals surface area contributed by atoms with Crippen LogP contribution in [0, 0.1) is 0 Å². The van der Waals surface area contributed by atoms with Crippen molar-refractivity contribution in [3.8, 4) is 5.75 Å². The maximum Gasteiger partial charge on any atom is 0.119 e. The Hall–Kier alpha value is -2.58. The number of ether oxygens (including phenoxy) is 1. The van der Waals surface area contributed by atoms with Crippen molar-refractivity contribution in [3.63, 3.8) is 0 Å². The fraction of sp³-hybridized carbons (Fsp3) is 0.280. The summed E-state index contributed by atoms with van der Waals surface area (Å²) in [6.07, 6.45) is 1.25. The van der Waals surface area contributed by atoms with E-state index in [4.69, 9.17) is 4.74 Å². The molecule has 0 heterocycles. The van der Waals surface area contributed by atoms with Crippen LogP contribution in [0.25, 0.3) is 0 Å². The average Bonchev–Trinajstić information content (AvgIpc) is 2.70. The quantitative estimate of drug-likeness (QED) is 0.489. The zero-order valence-electron chi connectivity index (χ0n) is 16.3. The Morgan fingerprint density at radius 1 is 0.741 bits per heavy atom. The first kappa shape index (κ1) is 19.2. The minimum absolute atomic E-state index is 0.197. The summed E-state index contributed by atoms with van der Waals surface area (Å²) in [5.41, 5.74) is 4.01. The monoisotopic (exact) mass is 359 g/mol. The normalized spacial score (nSPS) is 12.1. The van der Waals surface area contributed by atoms with Gasteiger partial charge >= 0.3 is 0 Å². The van der Waals surface area contributed by atoms with E-state index in [-0.39, 0.29) is 6.10 Å². The maximum atomic E-state index is 5.79. The Morgan fingerprint density at radius 2 is 1.33 bits per heavy atom. The van der Waals surface area contributed by atoms with E-state index in [2.05, 4.69) is 104 Å². The first-order chi connectivity index (χ1) is 13.2. The fourth-order valence-electron chi connectivity index (χ4n) is 3.34. The molecule has 0 fully saturated rings. The van der Waals surface area contributed by atoms with Crippen molar-refractivity contribution >= 4 is 0 Å². The average molecular weight is 360 g/mol. The molecule has 0 aliphatic heterocycles. The Balaban J connectivity index is 1.66. The van der Waals surface area contributed by atoms with E-state index >= 15 is 0 Å². The van der Waals surface area contributed by atoms with Crippen LogP contribution in [0.15, 0.2) is 84.9 Å².